The fourth-order valence-corrected chi connectivity index (χ4v) is 2.41. The van der Waals surface area contributed by atoms with Crippen LogP contribution in [0.4, 0.5) is 10.1 Å². The van der Waals surface area contributed by atoms with E-state index in [4.69, 9.17) is 23.2 Å². The molecule has 2 aromatic carbocycles. The Hall–Kier alpha value is -0.770. The van der Waals surface area contributed by atoms with Gasteiger partial charge < -0.3 is 5.32 Å². The predicted octanol–water partition coefficient (Wildman–Crippen LogP) is 5.51. The molecule has 5 heteroatoms. The SMILES string of the molecule is Fc1cc(Br)cc(CNc2cc(Cl)ccc2Cl)c1. The molecule has 0 heterocycles. The second-order valence-electron chi connectivity index (χ2n) is 3.76. The van der Waals surface area contributed by atoms with Crippen LogP contribution in [-0.4, -0.2) is 0 Å². The lowest BCUT2D eigenvalue weighted by atomic mass is 10.2. The molecule has 2 aromatic rings. The zero-order valence-electron chi connectivity index (χ0n) is 9.18. The highest BCUT2D eigenvalue weighted by molar-refractivity contribution is 9.10. The van der Waals surface area contributed by atoms with E-state index in [-0.39, 0.29) is 5.82 Å². The zero-order valence-corrected chi connectivity index (χ0v) is 12.3. The average Bonchev–Trinajstić information content (AvgIpc) is 2.29. The van der Waals surface area contributed by atoms with E-state index in [1.165, 1.54) is 12.1 Å². The maximum Gasteiger partial charge on any atom is 0.124 e. The van der Waals surface area contributed by atoms with Crippen molar-refractivity contribution in [2.75, 3.05) is 5.32 Å². The van der Waals surface area contributed by atoms with Gasteiger partial charge in [-0.15, -0.1) is 0 Å². The summed E-state index contributed by atoms with van der Waals surface area (Å²) in [5, 5.41) is 4.30. The number of halogens is 4. The summed E-state index contributed by atoms with van der Waals surface area (Å²) >= 11 is 15.2. The fourth-order valence-electron chi connectivity index (χ4n) is 1.54. The van der Waals surface area contributed by atoms with Crippen molar-refractivity contribution in [2.45, 2.75) is 6.54 Å². The van der Waals surface area contributed by atoms with E-state index in [1.807, 2.05) is 6.07 Å². The summed E-state index contributed by atoms with van der Waals surface area (Å²) in [6.07, 6.45) is 0. The molecule has 18 heavy (non-hydrogen) atoms. The first-order valence-corrected chi connectivity index (χ1v) is 6.73. The normalized spacial score (nSPS) is 10.4. The second-order valence-corrected chi connectivity index (χ2v) is 5.51. The van der Waals surface area contributed by atoms with E-state index >= 15 is 0 Å². The van der Waals surface area contributed by atoms with Gasteiger partial charge in [0.25, 0.3) is 0 Å². The lowest BCUT2D eigenvalue weighted by Gasteiger charge is -2.09. The zero-order chi connectivity index (χ0) is 13.1. The van der Waals surface area contributed by atoms with Gasteiger partial charge in [0.15, 0.2) is 0 Å². The first kappa shape index (κ1) is 13.7. The van der Waals surface area contributed by atoms with Crippen molar-refractivity contribution in [3.05, 3.63) is 62.3 Å². The highest BCUT2D eigenvalue weighted by Crippen LogP contribution is 2.26. The van der Waals surface area contributed by atoms with Crippen LogP contribution in [0.1, 0.15) is 5.56 Å². The molecule has 0 aliphatic carbocycles. The Morgan fingerprint density at radius 1 is 1.11 bits per heavy atom. The Kier molecular flexibility index (Phi) is 4.49. The second kappa shape index (κ2) is 5.91. The van der Waals surface area contributed by atoms with E-state index < -0.39 is 0 Å². The summed E-state index contributed by atoms with van der Waals surface area (Å²) in [5.41, 5.74) is 1.54. The maximum atomic E-state index is 13.2. The number of hydrogen-bond donors (Lipinski definition) is 1. The number of rotatable bonds is 3. The molecule has 1 nitrogen and oxygen atoms in total. The van der Waals surface area contributed by atoms with Crippen molar-refractivity contribution in [3.8, 4) is 0 Å². The first-order chi connectivity index (χ1) is 8.54. The van der Waals surface area contributed by atoms with Gasteiger partial charge in [-0.1, -0.05) is 39.1 Å². The smallest absolute Gasteiger partial charge is 0.124 e. The third-order valence-electron chi connectivity index (χ3n) is 2.33. The van der Waals surface area contributed by atoms with Gasteiger partial charge >= 0.3 is 0 Å². The Morgan fingerprint density at radius 2 is 1.89 bits per heavy atom. The van der Waals surface area contributed by atoms with Gasteiger partial charge in [0.1, 0.15) is 5.82 Å². The molecule has 94 valence electrons. The van der Waals surface area contributed by atoms with Crippen molar-refractivity contribution < 1.29 is 4.39 Å². The topological polar surface area (TPSA) is 12.0 Å². The third kappa shape index (κ3) is 3.61. The molecule has 0 radical (unpaired) electrons. The summed E-state index contributed by atoms with van der Waals surface area (Å²) in [6, 6.07) is 9.89. The van der Waals surface area contributed by atoms with E-state index in [0.717, 1.165) is 11.3 Å². The standard InChI is InChI=1S/C13H9BrCl2FN/c14-9-3-8(4-11(17)5-9)7-18-13-6-10(15)1-2-12(13)16/h1-6,18H,7H2. The van der Waals surface area contributed by atoms with Crippen molar-refractivity contribution in [3.63, 3.8) is 0 Å². The van der Waals surface area contributed by atoms with Crippen LogP contribution in [0.15, 0.2) is 40.9 Å². The molecule has 0 aliphatic heterocycles. The lowest BCUT2D eigenvalue weighted by Crippen LogP contribution is -2.00. The molecule has 0 aromatic heterocycles. The van der Waals surface area contributed by atoms with Crippen LogP contribution in [0.25, 0.3) is 0 Å². The van der Waals surface area contributed by atoms with Gasteiger partial charge in [-0.2, -0.15) is 0 Å². The number of anilines is 1. The van der Waals surface area contributed by atoms with Crippen LogP contribution < -0.4 is 5.32 Å². The van der Waals surface area contributed by atoms with Gasteiger partial charge in [-0.05, 0) is 42.0 Å². The van der Waals surface area contributed by atoms with Gasteiger partial charge in [0.05, 0.1) is 10.7 Å². The van der Waals surface area contributed by atoms with E-state index in [0.29, 0.717) is 21.1 Å². The fraction of sp³-hybridized carbons (Fsp3) is 0.0769. The molecule has 0 amide bonds. The first-order valence-electron chi connectivity index (χ1n) is 5.18. The summed E-state index contributed by atoms with van der Waals surface area (Å²) in [6.45, 7) is 0.469. The quantitative estimate of drug-likeness (QED) is 0.771. The van der Waals surface area contributed by atoms with Gasteiger partial charge in [-0.25, -0.2) is 4.39 Å². The van der Waals surface area contributed by atoms with E-state index in [9.17, 15) is 4.39 Å². The molecule has 0 unspecified atom stereocenters. The number of benzene rings is 2. The van der Waals surface area contributed by atoms with Crippen LogP contribution in [0.5, 0.6) is 0 Å². The van der Waals surface area contributed by atoms with Crippen molar-refractivity contribution in [1.29, 1.82) is 0 Å². The van der Waals surface area contributed by atoms with Crippen LogP contribution in [0.2, 0.25) is 10.0 Å². The third-order valence-corrected chi connectivity index (χ3v) is 3.36. The monoisotopic (exact) mass is 347 g/mol. The average molecular weight is 349 g/mol. The van der Waals surface area contributed by atoms with Crippen molar-refractivity contribution in [1.82, 2.24) is 0 Å². The molecular formula is C13H9BrCl2FN. The Labute approximate surface area is 123 Å². The van der Waals surface area contributed by atoms with E-state index in [2.05, 4.69) is 21.2 Å². The minimum Gasteiger partial charge on any atom is -0.380 e. The van der Waals surface area contributed by atoms with Crippen molar-refractivity contribution >= 4 is 44.8 Å². The summed E-state index contributed by atoms with van der Waals surface area (Å²) < 4.78 is 13.9. The summed E-state index contributed by atoms with van der Waals surface area (Å²) in [5.74, 6) is -0.279. The van der Waals surface area contributed by atoms with Crippen LogP contribution in [-0.2, 0) is 6.54 Å². The molecule has 0 bridgehead atoms. The van der Waals surface area contributed by atoms with Crippen LogP contribution in [0, 0.1) is 5.82 Å². The van der Waals surface area contributed by atoms with Crippen LogP contribution >= 0.6 is 39.1 Å². The minimum atomic E-state index is -0.279. The molecule has 0 atom stereocenters. The largest absolute Gasteiger partial charge is 0.380 e. The highest BCUT2D eigenvalue weighted by atomic mass is 79.9. The van der Waals surface area contributed by atoms with Gasteiger partial charge in [0, 0.05) is 16.0 Å². The minimum absolute atomic E-state index is 0.279. The molecule has 0 aliphatic rings. The lowest BCUT2D eigenvalue weighted by molar-refractivity contribution is 0.625. The predicted molar refractivity (Wildman–Crippen MR) is 77.9 cm³/mol. The van der Waals surface area contributed by atoms with Gasteiger partial charge in [-0.3, -0.25) is 0 Å². The number of hydrogen-bond acceptors (Lipinski definition) is 1. The van der Waals surface area contributed by atoms with Crippen LogP contribution in [0.3, 0.4) is 0 Å². The molecule has 1 N–H and O–H groups in total. The summed E-state index contributed by atoms with van der Waals surface area (Å²) in [4.78, 5) is 0. The number of nitrogens with one attached hydrogen (secondary N) is 1. The van der Waals surface area contributed by atoms with Gasteiger partial charge in [0.2, 0.25) is 0 Å². The molecular weight excluding hydrogens is 340 g/mol. The molecule has 2 rings (SSSR count). The van der Waals surface area contributed by atoms with Crippen molar-refractivity contribution in [2.24, 2.45) is 0 Å². The Bertz CT molecular complexity index is 555. The van der Waals surface area contributed by atoms with E-state index in [1.54, 1.807) is 18.2 Å². The molecule has 0 saturated carbocycles. The highest BCUT2D eigenvalue weighted by Gasteiger charge is 2.03. The Morgan fingerprint density at radius 3 is 2.61 bits per heavy atom. The molecule has 0 spiro atoms. The Balaban J connectivity index is 2.13. The maximum absolute atomic E-state index is 13.2. The molecule has 0 fully saturated rings. The summed E-state index contributed by atoms with van der Waals surface area (Å²) in [7, 11) is 0. The molecule has 0 saturated heterocycles.